The Labute approximate surface area is 102 Å². The molecule has 0 amide bonds. The average Bonchev–Trinajstić information content (AvgIpc) is 2.28. The maximum Gasteiger partial charge on any atom is 0.0718 e. The summed E-state index contributed by atoms with van der Waals surface area (Å²) in [6, 6.07) is 5.04. The van der Waals surface area contributed by atoms with Gasteiger partial charge in [0, 0.05) is 30.9 Å². The van der Waals surface area contributed by atoms with E-state index in [1.54, 1.807) is 6.20 Å². The van der Waals surface area contributed by atoms with Crippen LogP contribution in [0.4, 0.5) is 0 Å². The number of hydrogen-bond acceptors (Lipinski definition) is 3. The Hall–Kier alpha value is -0.930. The van der Waals surface area contributed by atoms with Crippen LogP contribution in [0.2, 0.25) is 0 Å². The average molecular weight is 232 g/mol. The minimum atomic E-state index is -0.524. The number of aromatic nitrogens is 1. The first kappa shape index (κ1) is 11.2. The van der Waals surface area contributed by atoms with Crippen molar-refractivity contribution >= 4 is 0 Å². The van der Waals surface area contributed by atoms with Crippen LogP contribution >= 0.6 is 0 Å². The molecule has 92 valence electrons. The summed E-state index contributed by atoms with van der Waals surface area (Å²) in [5, 5.41) is 14.4. The van der Waals surface area contributed by atoms with Gasteiger partial charge in [-0.05, 0) is 37.3 Å². The van der Waals surface area contributed by atoms with Crippen LogP contribution < -0.4 is 5.32 Å². The van der Waals surface area contributed by atoms with Crippen molar-refractivity contribution in [2.24, 2.45) is 0 Å². The summed E-state index contributed by atoms with van der Waals surface area (Å²) in [6.07, 6.45) is 9.91. The Morgan fingerprint density at radius 2 is 2.12 bits per heavy atom. The van der Waals surface area contributed by atoms with Crippen LogP contribution in [-0.2, 0) is 6.42 Å². The van der Waals surface area contributed by atoms with Crippen molar-refractivity contribution in [1.82, 2.24) is 10.3 Å². The summed E-state index contributed by atoms with van der Waals surface area (Å²) in [7, 11) is 0. The third kappa shape index (κ3) is 2.50. The maximum atomic E-state index is 10.8. The number of pyridine rings is 1. The Morgan fingerprint density at radius 3 is 2.76 bits per heavy atom. The molecule has 2 atom stereocenters. The molecule has 2 bridgehead atoms. The first-order valence-corrected chi connectivity index (χ1v) is 6.61. The van der Waals surface area contributed by atoms with E-state index in [4.69, 9.17) is 0 Å². The van der Waals surface area contributed by atoms with Gasteiger partial charge in [0.15, 0.2) is 0 Å². The van der Waals surface area contributed by atoms with Crippen LogP contribution in [0.25, 0.3) is 0 Å². The van der Waals surface area contributed by atoms with Crippen LogP contribution in [0.15, 0.2) is 24.5 Å². The van der Waals surface area contributed by atoms with Crippen molar-refractivity contribution in [3.05, 3.63) is 30.1 Å². The van der Waals surface area contributed by atoms with Gasteiger partial charge in [-0.1, -0.05) is 12.5 Å². The van der Waals surface area contributed by atoms with Gasteiger partial charge in [0.2, 0.25) is 0 Å². The van der Waals surface area contributed by atoms with E-state index in [2.05, 4.69) is 16.4 Å². The quantitative estimate of drug-likeness (QED) is 0.815. The molecule has 2 fully saturated rings. The summed E-state index contributed by atoms with van der Waals surface area (Å²) < 4.78 is 0. The number of piperidine rings is 2. The molecule has 2 saturated heterocycles. The Balaban J connectivity index is 1.73. The third-order valence-corrected chi connectivity index (χ3v) is 4.09. The lowest BCUT2D eigenvalue weighted by molar-refractivity contribution is -0.0303. The van der Waals surface area contributed by atoms with Gasteiger partial charge in [-0.3, -0.25) is 4.98 Å². The van der Waals surface area contributed by atoms with E-state index < -0.39 is 5.60 Å². The van der Waals surface area contributed by atoms with Gasteiger partial charge in [-0.15, -0.1) is 0 Å². The molecule has 0 radical (unpaired) electrons. The largest absolute Gasteiger partial charge is 0.389 e. The van der Waals surface area contributed by atoms with Crippen molar-refractivity contribution in [2.75, 3.05) is 0 Å². The van der Waals surface area contributed by atoms with Crippen LogP contribution in [-0.4, -0.2) is 27.8 Å². The Bertz CT molecular complexity index is 367. The van der Waals surface area contributed by atoms with Crippen molar-refractivity contribution in [3.63, 3.8) is 0 Å². The normalized spacial score (nSPS) is 36.8. The molecular weight excluding hydrogens is 212 g/mol. The molecule has 2 aliphatic heterocycles. The van der Waals surface area contributed by atoms with Crippen LogP contribution in [0.1, 0.15) is 37.7 Å². The zero-order valence-corrected chi connectivity index (χ0v) is 10.1. The minimum absolute atomic E-state index is 0.518. The summed E-state index contributed by atoms with van der Waals surface area (Å²) in [6.45, 7) is 0. The highest BCUT2D eigenvalue weighted by Gasteiger charge is 2.40. The third-order valence-electron chi connectivity index (χ3n) is 4.09. The monoisotopic (exact) mass is 232 g/mol. The topological polar surface area (TPSA) is 45.2 Å². The van der Waals surface area contributed by atoms with Crippen molar-refractivity contribution in [1.29, 1.82) is 0 Å². The first-order valence-electron chi connectivity index (χ1n) is 6.61. The standard InChI is InChI=1S/C14H20N2O/c17-14(7-11-3-2-6-15-10-11)8-12-4-1-5-13(9-14)16-12/h2-3,6,10,12-13,16-17H,1,4-5,7-9H2. The molecule has 0 aliphatic carbocycles. The van der Waals surface area contributed by atoms with E-state index in [0.717, 1.165) is 24.8 Å². The fourth-order valence-electron chi connectivity index (χ4n) is 3.46. The minimum Gasteiger partial charge on any atom is -0.389 e. The fourth-order valence-corrected chi connectivity index (χ4v) is 3.46. The lowest BCUT2D eigenvalue weighted by Crippen LogP contribution is -2.56. The number of nitrogens with one attached hydrogen (secondary N) is 1. The van der Waals surface area contributed by atoms with Crippen molar-refractivity contribution < 1.29 is 5.11 Å². The Morgan fingerprint density at radius 1 is 1.35 bits per heavy atom. The molecule has 3 nitrogen and oxygen atoms in total. The molecule has 3 heteroatoms. The molecule has 0 spiro atoms. The van der Waals surface area contributed by atoms with E-state index in [1.165, 1.54) is 19.3 Å². The van der Waals surface area contributed by atoms with E-state index in [-0.39, 0.29) is 0 Å². The fraction of sp³-hybridized carbons (Fsp3) is 0.643. The van der Waals surface area contributed by atoms with Gasteiger partial charge in [-0.2, -0.15) is 0 Å². The molecule has 2 unspecified atom stereocenters. The smallest absolute Gasteiger partial charge is 0.0718 e. The zero-order valence-electron chi connectivity index (χ0n) is 10.1. The van der Waals surface area contributed by atoms with Gasteiger partial charge in [0.1, 0.15) is 0 Å². The molecular formula is C14H20N2O. The van der Waals surface area contributed by atoms with Gasteiger partial charge < -0.3 is 10.4 Å². The van der Waals surface area contributed by atoms with Crippen LogP contribution in [0, 0.1) is 0 Å². The second-order valence-electron chi connectivity index (χ2n) is 5.66. The van der Waals surface area contributed by atoms with E-state index in [1.807, 2.05) is 12.3 Å². The van der Waals surface area contributed by atoms with Gasteiger partial charge in [0.05, 0.1) is 5.60 Å². The SMILES string of the molecule is OC1(Cc2cccnc2)CC2CCCC(C1)N2. The van der Waals surface area contributed by atoms with E-state index in [9.17, 15) is 5.11 Å². The summed E-state index contributed by atoms with van der Waals surface area (Å²) in [5.41, 5.74) is 0.624. The lowest BCUT2D eigenvalue weighted by atomic mass is 9.75. The highest BCUT2D eigenvalue weighted by Crippen LogP contribution is 2.34. The molecule has 0 aromatic carbocycles. The number of nitrogens with zero attached hydrogens (tertiary/aromatic N) is 1. The molecule has 0 saturated carbocycles. The van der Waals surface area contributed by atoms with Crippen molar-refractivity contribution in [3.8, 4) is 0 Å². The van der Waals surface area contributed by atoms with Crippen molar-refractivity contribution in [2.45, 2.75) is 56.2 Å². The van der Waals surface area contributed by atoms with E-state index in [0.29, 0.717) is 12.1 Å². The molecule has 3 rings (SSSR count). The molecule has 2 aliphatic rings. The Kier molecular flexibility index (Phi) is 2.89. The molecule has 1 aromatic rings. The summed E-state index contributed by atoms with van der Waals surface area (Å²) >= 11 is 0. The molecule has 1 aromatic heterocycles. The summed E-state index contributed by atoms with van der Waals surface area (Å²) in [5.74, 6) is 0. The maximum absolute atomic E-state index is 10.8. The predicted molar refractivity (Wildman–Crippen MR) is 66.7 cm³/mol. The number of hydrogen-bond donors (Lipinski definition) is 2. The number of rotatable bonds is 2. The predicted octanol–water partition coefficient (Wildman–Crippen LogP) is 1.66. The van der Waals surface area contributed by atoms with E-state index >= 15 is 0 Å². The second kappa shape index (κ2) is 4.39. The second-order valence-corrected chi connectivity index (χ2v) is 5.66. The number of fused-ring (bicyclic) bond motifs is 2. The first-order chi connectivity index (χ1) is 8.23. The van der Waals surface area contributed by atoms with Gasteiger partial charge in [-0.25, -0.2) is 0 Å². The highest BCUT2D eigenvalue weighted by atomic mass is 16.3. The highest BCUT2D eigenvalue weighted by molar-refractivity contribution is 5.13. The van der Waals surface area contributed by atoms with Crippen LogP contribution in [0.5, 0.6) is 0 Å². The molecule has 3 heterocycles. The lowest BCUT2D eigenvalue weighted by Gasteiger charge is -2.45. The van der Waals surface area contributed by atoms with Gasteiger partial charge >= 0.3 is 0 Å². The molecule has 2 N–H and O–H groups in total. The zero-order chi connectivity index (χ0) is 11.7. The summed E-state index contributed by atoms with van der Waals surface area (Å²) in [4.78, 5) is 4.13. The molecule has 17 heavy (non-hydrogen) atoms. The van der Waals surface area contributed by atoms with Crippen LogP contribution in [0.3, 0.4) is 0 Å². The van der Waals surface area contributed by atoms with Gasteiger partial charge in [0.25, 0.3) is 0 Å². The number of aliphatic hydroxyl groups is 1.